The molecule has 1 fully saturated rings. The van der Waals surface area contributed by atoms with Crippen LogP contribution in [0, 0.1) is 5.92 Å². The first-order valence-electron chi connectivity index (χ1n) is 8.83. The SMILES string of the molecule is CCNC(=NCC1COc2ccccc2O1)NCCOCC1CC1.I. The van der Waals surface area contributed by atoms with Crippen LogP contribution in [0.5, 0.6) is 11.5 Å². The molecule has 1 aromatic carbocycles. The molecule has 0 spiro atoms. The molecular formula is C18H28IN3O3. The maximum absolute atomic E-state index is 5.92. The molecule has 2 aliphatic rings. The van der Waals surface area contributed by atoms with Crippen LogP contribution >= 0.6 is 24.0 Å². The van der Waals surface area contributed by atoms with Crippen molar-refractivity contribution in [2.75, 3.05) is 39.5 Å². The molecule has 0 amide bonds. The van der Waals surface area contributed by atoms with E-state index in [0.717, 1.165) is 43.1 Å². The summed E-state index contributed by atoms with van der Waals surface area (Å²) in [6, 6.07) is 7.73. The molecule has 1 atom stereocenters. The standard InChI is InChI=1S/C18H27N3O3.HI/c1-2-19-18(20-9-10-22-12-14-7-8-14)21-11-15-13-23-16-5-3-4-6-17(16)24-15;/h3-6,14-15H,2,7-13H2,1H3,(H2,19,20,21);1H. The van der Waals surface area contributed by atoms with Gasteiger partial charge in [0.05, 0.1) is 13.2 Å². The summed E-state index contributed by atoms with van der Waals surface area (Å²) in [7, 11) is 0. The number of hydrogen-bond donors (Lipinski definition) is 2. The Labute approximate surface area is 166 Å². The van der Waals surface area contributed by atoms with Crippen LogP contribution in [-0.2, 0) is 4.74 Å². The molecule has 25 heavy (non-hydrogen) atoms. The van der Waals surface area contributed by atoms with Crippen LogP contribution in [0.3, 0.4) is 0 Å². The lowest BCUT2D eigenvalue weighted by molar-refractivity contribution is 0.0971. The summed E-state index contributed by atoms with van der Waals surface area (Å²) < 4.78 is 17.3. The molecule has 1 heterocycles. The number of halogens is 1. The number of rotatable bonds is 8. The topological polar surface area (TPSA) is 64.1 Å². The van der Waals surface area contributed by atoms with E-state index < -0.39 is 0 Å². The van der Waals surface area contributed by atoms with Gasteiger partial charge in [0.25, 0.3) is 0 Å². The van der Waals surface area contributed by atoms with Crippen molar-refractivity contribution in [3.05, 3.63) is 24.3 Å². The fourth-order valence-electron chi connectivity index (χ4n) is 2.46. The van der Waals surface area contributed by atoms with Crippen LogP contribution in [0.25, 0.3) is 0 Å². The molecule has 7 heteroatoms. The Bertz CT molecular complexity index is 552. The molecule has 0 radical (unpaired) electrons. The molecule has 6 nitrogen and oxygen atoms in total. The van der Waals surface area contributed by atoms with Crippen LogP contribution in [0.1, 0.15) is 19.8 Å². The van der Waals surface area contributed by atoms with Crippen molar-refractivity contribution in [1.29, 1.82) is 0 Å². The first-order valence-corrected chi connectivity index (χ1v) is 8.83. The molecule has 1 aromatic rings. The third-order valence-corrected chi connectivity index (χ3v) is 3.95. The van der Waals surface area contributed by atoms with Gasteiger partial charge in [0.1, 0.15) is 6.61 Å². The van der Waals surface area contributed by atoms with Gasteiger partial charge in [-0.2, -0.15) is 0 Å². The van der Waals surface area contributed by atoms with Crippen LogP contribution in [0.2, 0.25) is 0 Å². The largest absolute Gasteiger partial charge is 0.486 e. The summed E-state index contributed by atoms with van der Waals surface area (Å²) in [5.74, 6) is 3.18. The van der Waals surface area contributed by atoms with E-state index in [0.29, 0.717) is 19.8 Å². The average Bonchev–Trinajstić information content (AvgIpc) is 3.43. The smallest absolute Gasteiger partial charge is 0.191 e. The summed E-state index contributed by atoms with van der Waals surface area (Å²) in [5.41, 5.74) is 0. The Kier molecular flexibility index (Phi) is 8.60. The molecule has 1 aliphatic carbocycles. The van der Waals surface area contributed by atoms with Gasteiger partial charge < -0.3 is 24.8 Å². The van der Waals surface area contributed by atoms with Crippen molar-refractivity contribution < 1.29 is 14.2 Å². The van der Waals surface area contributed by atoms with Crippen molar-refractivity contribution in [3.63, 3.8) is 0 Å². The molecule has 1 saturated carbocycles. The van der Waals surface area contributed by atoms with Gasteiger partial charge in [-0.1, -0.05) is 12.1 Å². The minimum absolute atomic E-state index is 0. The van der Waals surface area contributed by atoms with Crippen molar-refractivity contribution in [2.45, 2.75) is 25.9 Å². The minimum Gasteiger partial charge on any atom is -0.486 e. The number of nitrogens with one attached hydrogen (secondary N) is 2. The van der Waals surface area contributed by atoms with Crippen molar-refractivity contribution >= 4 is 29.9 Å². The van der Waals surface area contributed by atoms with Crippen LogP contribution in [-0.4, -0.2) is 51.5 Å². The molecule has 0 aromatic heterocycles. The molecule has 2 N–H and O–H groups in total. The first kappa shape index (κ1) is 20.1. The van der Waals surface area contributed by atoms with Gasteiger partial charge in [0.2, 0.25) is 0 Å². The molecule has 1 unspecified atom stereocenters. The summed E-state index contributed by atoms with van der Waals surface area (Å²) in [5, 5.41) is 6.53. The maximum atomic E-state index is 5.92. The lowest BCUT2D eigenvalue weighted by Crippen LogP contribution is -2.40. The van der Waals surface area contributed by atoms with E-state index in [9.17, 15) is 0 Å². The first-order chi connectivity index (χ1) is 11.8. The highest BCUT2D eigenvalue weighted by Gasteiger charge is 2.21. The van der Waals surface area contributed by atoms with Crippen molar-refractivity contribution in [3.8, 4) is 11.5 Å². The number of guanidine groups is 1. The third-order valence-electron chi connectivity index (χ3n) is 3.95. The van der Waals surface area contributed by atoms with Crippen LogP contribution in [0.4, 0.5) is 0 Å². The van der Waals surface area contributed by atoms with Gasteiger partial charge in [-0.15, -0.1) is 24.0 Å². The van der Waals surface area contributed by atoms with E-state index in [1.807, 2.05) is 24.3 Å². The van der Waals surface area contributed by atoms with Gasteiger partial charge in [-0.3, -0.25) is 0 Å². The van der Waals surface area contributed by atoms with E-state index >= 15 is 0 Å². The Balaban J connectivity index is 0.00000225. The highest BCUT2D eigenvalue weighted by Crippen LogP contribution is 2.30. The summed E-state index contributed by atoms with van der Waals surface area (Å²) in [4.78, 5) is 4.59. The third kappa shape index (κ3) is 6.89. The zero-order valence-corrected chi connectivity index (χ0v) is 17.0. The average molecular weight is 461 g/mol. The fourth-order valence-corrected chi connectivity index (χ4v) is 2.46. The van der Waals surface area contributed by atoms with Crippen molar-refractivity contribution in [2.24, 2.45) is 10.9 Å². The van der Waals surface area contributed by atoms with E-state index in [-0.39, 0.29) is 30.1 Å². The lowest BCUT2D eigenvalue weighted by Gasteiger charge is -2.25. The number of para-hydroxylation sites is 2. The van der Waals surface area contributed by atoms with Gasteiger partial charge in [-0.05, 0) is 37.8 Å². The number of hydrogen-bond acceptors (Lipinski definition) is 4. The minimum atomic E-state index is -0.0681. The highest BCUT2D eigenvalue weighted by molar-refractivity contribution is 14.0. The van der Waals surface area contributed by atoms with Crippen molar-refractivity contribution in [1.82, 2.24) is 10.6 Å². The van der Waals surface area contributed by atoms with Gasteiger partial charge >= 0.3 is 0 Å². The van der Waals surface area contributed by atoms with E-state index in [1.165, 1.54) is 12.8 Å². The Morgan fingerprint density at radius 3 is 2.80 bits per heavy atom. The normalized spacial score (nSPS) is 19.1. The molecule has 140 valence electrons. The fraction of sp³-hybridized carbons (Fsp3) is 0.611. The summed E-state index contributed by atoms with van der Waals surface area (Å²) in [6.45, 7) is 6.29. The summed E-state index contributed by atoms with van der Waals surface area (Å²) >= 11 is 0. The summed E-state index contributed by atoms with van der Waals surface area (Å²) in [6.07, 6.45) is 2.58. The second-order valence-electron chi connectivity index (χ2n) is 6.16. The van der Waals surface area contributed by atoms with Crippen LogP contribution in [0.15, 0.2) is 29.3 Å². The monoisotopic (exact) mass is 461 g/mol. The number of fused-ring (bicyclic) bond motifs is 1. The highest BCUT2D eigenvalue weighted by atomic mass is 127. The maximum Gasteiger partial charge on any atom is 0.191 e. The number of nitrogens with zero attached hydrogens (tertiary/aromatic N) is 1. The quantitative estimate of drug-likeness (QED) is 0.270. The van der Waals surface area contributed by atoms with Gasteiger partial charge in [0.15, 0.2) is 23.6 Å². The Morgan fingerprint density at radius 2 is 2.04 bits per heavy atom. The Morgan fingerprint density at radius 1 is 1.24 bits per heavy atom. The van der Waals surface area contributed by atoms with E-state index in [2.05, 4.69) is 22.5 Å². The predicted octanol–water partition coefficient (Wildman–Crippen LogP) is 2.43. The van der Waals surface area contributed by atoms with Gasteiger partial charge in [-0.25, -0.2) is 4.99 Å². The number of benzene rings is 1. The zero-order valence-electron chi connectivity index (χ0n) is 14.7. The van der Waals surface area contributed by atoms with Crippen LogP contribution < -0.4 is 20.1 Å². The Hall–Kier alpha value is -1.22. The van der Waals surface area contributed by atoms with Gasteiger partial charge in [0, 0.05) is 19.7 Å². The molecule has 0 bridgehead atoms. The van der Waals surface area contributed by atoms with E-state index in [4.69, 9.17) is 14.2 Å². The predicted molar refractivity (Wildman–Crippen MR) is 109 cm³/mol. The zero-order chi connectivity index (χ0) is 16.6. The number of ether oxygens (including phenoxy) is 3. The second kappa shape index (κ2) is 10.7. The number of aliphatic imine (C=N–C) groups is 1. The lowest BCUT2D eigenvalue weighted by atomic mass is 10.2. The van der Waals surface area contributed by atoms with E-state index in [1.54, 1.807) is 0 Å². The second-order valence-corrected chi connectivity index (χ2v) is 6.16. The molecule has 3 rings (SSSR count). The molecular weight excluding hydrogens is 433 g/mol. The molecule has 0 saturated heterocycles. The molecule has 1 aliphatic heterocycles.